The first-order valence-electron chi connectivity index (χ1n) is 7.78. The van der Waals surface area contributed by atoms with Gasteiger partial charge in [-0.2, -0.15) is 0 Å². The second-order valence-electron chi connectivity index (χ2n) is 5.81. The zero-order valence-corrected chi connectivity index (χ0v) is 14.2. The molecule has 0 radical (unpaired) electrons. The Bertz CT molecular complexity index is 709. The van der Waals surface area contributed by atoms with Gasteiger partial charge in [0, 0.05) is 11.6 Å². The van der Waals surface area contributed by atoms with Gasteiger partial charge in [0.15, 0.2) is 0 Å². The lowest BCUT2D eigenvalue weighted by Gasteiger charge is -2.27. The lowest BCUT2D eigenvalue weighted by molar-refractivity contribution is 0.0916. The van der Waals surface area contributed by atoms with Gasteiger partial charge >= 0.3 is 0 Å². The molecule has 1 aromatic rings. The fraction of sp³-hybridized carbons (Fsp3) is 0.471. The van der Waals surface area contributed by atoms with Gasteiger partial charge in [0.05, 0.1) is 4.90 Å². The fourth-order valence-electron chi connectivity index (χ4n) is 2.23. The van der Waals surface area contributed by atoms with E-state index in [0.29, 0.717) is 18.4 Å². The monoisotopic (exact) mass is 334 g/mol. The van der Waals surface area contributed by atoms with Crippen LogP contribution < -0.4 is 10.0 Å². The Hall–Kier alpha value is -1.84. The van der Waals surface area contributed by atoms with Crippen LogP contribution in [0.25, 0.3) is 0 Å². The van der Waals surface area contributed by atoms with Crippen molar-refractivity contribution in [2.45, 2.75) is 56.0 Å². The molecule has 0 saturated heterocycles. The van der Waals surface area contributed by atoms with E-state index >= 15 is 0 Å². The van der Waals surface area contributed by atoms with Crippen molar-refractivity contribution in [2.75, 3.05) is 0 Å². The van der Waals surface area contributed by atoms with E-state index in [-0.39, 0.29) is 16.8 Å². The highest BCUT2D eigenvalue weighted by Gasteiger charge is 2.28. The summed E-state index contributed by atoms with van der Waals surface area (Å²) in [6, 6.07) is 5.94. The fourth-order valence-corrected chi connectivity index (χ4v) is 3.54. The van der Waals surface area contributed by atoms with Gasteiger partial charge in [-0.15, -0.1) is 6.42 Å². The maximum Gasteiger partial charge on any atom is 0.252 e. The lowest BCUT2D eigenvalue weighted by atomic mass is 9.93. The summed E-state index contributed by atoms with van der Waals surface area (Å²) in [6.07, 6.45) is 8.55. The molecule has 1 amide bonds. The summed E-state index contributed by atoms with van der Waals surface area (Å²) in [7, 11) is -3.50. The average Bonchev–Trinajstić information content (AvgIpc) is 3.36. The first-order chi connectivity index (χ1) is 10.9. The number of amides is 1. The van der Waals surface area contributed by atoms with Gasteiger partial charge in [-0.05, 0) is 49.9 Å². The van der Waals surface area contributed by atoms with E-state index in [9.17, 15) is 13.2 Å². The molecule has 0 aromatic heterocycles. The van der Waals surface area contributed by atoms with Crippen molar-refractivity contribution in [1.29, 1.82) is 0 Å². The predicted octanol–water partition coefficient (Wildman–Crippen LogP) is 2.05. The van der Waals surface area contributed by atoms with Crippen molar-refractivity contribution < 1.29 is 13.2 Å². The van der Waals surface area contributed by atoms with Crippen LogP contribution in [0.5, 0.6) is 0 Å². The van der Waals surface area contributed by atoms with Crippen molar-refractivity contribution in [2.24, 2.45) is 0 Å². The molecule has 23 heavy (non-hydrogen) atoms. The summed E-state index contributed by atoms with van der Waals surface area (Å²) in [4.78, 5) is 12.5. The molecule has 124 valence electrons. The van der Waals surface area contributed by atoms with Crippen LogP contribution in [-0.2, 0) is 10.0 Å². The highest BCUT2D eigenvalue weighted by molar-refractivity contribution is 7.89. The highest BCUT2D eigenvalue weighted by Crippen LogP contribution is 2.22. The zero-order valence-electron chi connectivity index (χ0n) is 13.4. The van der Waals surface area contributed by atoms with Crippen LogP contribution in [0.2, 0.25) is 0 Å². The topological polar surface area (TPSA) is 75.3 Å². The van der Waals surface area contributed by atoms with Gasteiger partial charge in [-0.3, -0.25) is 4.79 Å². The van der Waals surface area contributed by atoms with Gasteiger partial charge in [-0.25, -0.2) is 13.1 Å². The molecule has 0 atom stereocenters. The van der Waals surface area contributed by atoms with Gasteiger partial charge in [0.2, 0.25) is 10.0 Å². The lowest BCUT2D eigenvalue weighted by Crippen LogP contribution is -2.46. The van der Waals surface area contributed by atoms with Gasteiger partial charge in [0.1, 0.15) is 5.54 Å². The van der Waals surface area contributed by atoms with E-state index in [4.69, 9.17) is 6.42 Å². The van der Waals surface area contributed by atoms with E-state index in [1.54, 1.807) is 0 Å². The number of nitrogens with one attached hydrogen (secondary N) is 2. The number of sulfonamides is 1. The zero-order chi connectivity index (χ0) is 17.1. The van der Waals surface area contributed by atoms with Crippen molar-refractivity contribution >= 4 is 15.9 Å². The Balaban J connectivity index is 2.13. The van der Waals surface area contributed by atoms with E-state index in [1.165, 1.54) is 24.3 Å². The molecule has 1 aromatic carbocycles. The van der Waals surface area contributed by atoms with Crippen LogP contribution >= 0.6 is 0 Å². The third-order valence-corrected chi connectivity index (χ3v) is 5.70. The van der Waals surface area contributed by atoms with E-state index in [1.807, 2.05) is 13.8 Å². The minimum Gasteiger partial charge on any atom is -0.336 e. The molecule has 0 spiro atoms. The summed E-state index contributed by atoms with van der Waals surface area (Å²) in [6.45, 7) is 3.84. The standard InChI is InChI=1S/C17H22N2O3S/c1-4-17(5-2,6-3)18-16(20)13-7-11-15(12-8-13)23(21,22)19-14-9-10-14/h1,7-8,11-12,14,19H,5-6,9-10H2,2-3H3,(H,18,20). The van der Waals surface area contributed by atoms with Crippen molar-refractivity contribution in [3.05, 3.63) is 29.8 Å². The molecule has 1 saturated carbocycles. The van der Waals surface area contributed by atoms with Gasteiger partial charge < -0.3 is 5.32 Å². The van der Waals surface area contributed by atoms with Crippen LogP contribution in [0.1, 0.15) is 49.9 Å². The van der Waals surface area contributed by atoms with E-state index < -0.39 is 15.6 Å². The first-order valence-corrected chi connectivity index (χ1v) is 9.27. The summed E-state index contributed by atoms with van der Waals surface area (Å²) in [5.41, 5.74) is -0.285. The molecule has 5 nitrogen and oxygen atoms in total. The number of hydrogen-bond acceptors (Lipinski definition) is 3. The number of carbonyl (C=O) groups is 1. The third kappa shape index (κ3) is 4.12. The van der Waals surface area contributed by atoms with Crippen LogP contribution in [0.4, 0.5) is 0 Å². The van der Waals surface area contributed by atoms with Crippen LogP contribution in [0.3, 0.4) is 0 Å². The molecule has 1 fully saturated rings. The molecule has 6 heteroatoms. The molecule has 0 heterocycles. The second kappa shape index (κ2) is 6.73. The average molecular weight is 334 g/mol. The summed E-state index contributed by atoms with van der Waals surface area (Å²) >= 11 is 0. The van der Waals surface area contributed by atoms with Crippen molar-refractivity contribution in [3.8, 4) is 12.3 Å². The Morgan fingerprint density at radius 2 is 1.83 bits per heavy atom. The maximum absolute atomic E-state index is 12.3. The largest absolute Gasteiger partial charge is 0.336 e. The molecule has 2 N–H and O–H groups in total. The molecular formula is C17H22N2O3S. The maximum atomic E-state index is 12.3. The minimum absolute atomic E-state index is 0.0494. The van der Waals surface area contributed by atoms with Crippen LogP contribution in [0.15, 0.2) is 29.2 Å². The SMILES string of the molecule is C#CC(CC)(CC)NC(=O)c1ccc(S(=O)(=O)NC2CC2)cc1. The number of carbonyl (C=O) groups excluding carboxylic acids is 1. The molecule has 0 unspecified atom stereocenters. The molecule has 0 aliphatic heterocycles. The highest BCUT2D eigenvalue weighted by atomic mass is 32.2. The Labute approximate surface area is 137 Å². The van der Waals surface area contributed by atoms with Crippen molar-refractivity contribution in [1.82, 2.24) is 10.0 Å². The Kier molecular flexibility index (Phi) is 5.12. The smallest absolute Gasteiger partial charge is 0.252 e. The van der Waals surface area contributed by atoms with Crippen LogP contribution in [0, 0.1) is 12.3 Å². The molecule has 1 aliphatic rings. The quantitative estimate of drug-likeness (QED) is 0.749. The summed E-state index contributed by atoms with van der Waals surface area (Å²) in [5.74, 6) is 2.34. The number of terminal acetylenes is 1. The Morgan fingerprint density at radius 1 is 1.26 bits per heavy atom. The summed E-state index contributed by atoms with van der Waals surface area (Å²) < 4.78 is 26.8. The normalized spacial score (nSPS) is 15.0. The molecule has 2 rings (SSSR count). The van der Waals surface area contributed by atoms with Crippen molar-refractivity contribution in [3.63, 3.8) is 0 Å². The second-order valence-corrected chi connectivity index (χ2v) is 7.52. The summed E-state index contributed by atoms with van der Waals surface area (Å²) in [5, 5.41) is 2.86. The van der Waals surface area contributed by atoms with E-state index in [2.05, 4.69) is 16.0 Å². The predicted molar refractivity (Wildman–Crippen MR) is 89.4 cm³/mol. The van der Waals surface area contributed by atoms with E-state index in [0.717, 1.165) is 12.8 Å². The molecule has 0 bridgehead atoms. The van der Waals surface area contributed by atoms with Gasteiger partial charge in [0.25, 0.3) is 5.91 Å². The number of rotatable bonds is 7. The Morgan fingerprint density at radius 3 is 2.26 bits per heavy atom. The molecule has 1 aliphatic carbocycles. The number of benzene rings is 1. The number of hydrogen-bond donors (Lipinski definition) is 2. The van der Waals surface area contributed by atoms with Gasteiger partial charge in [-0.1, -0.05) is 19.8 Å². The first kappa shape index (κ1) is 17.5. The molecular weight excluding hydrogens is 312 g/mol. The third-order valence-electron chi connectivity index (χ3n) is 4.16. The minimum atomic E-state index is -3.50. The van der Waals surface area contributed by atoms with Crippen LogP contribution in [-0.4, -0.2) is 25.9 Å².